The van der Waals surface area contributed by atoms with Crippen molar-refractivity contribution in [2.45, 2.75) is 18.8 Å². The molecule has 1 heterocycles. The van der Waals surface area contributed by atoms with Crippen LogP contribution < -0.4 is 0 Å². The van der Waals surface area contributed by atoms with Gasteiger partial charge >= 0.3 is 0 Å². The van der Waals surface area contributed by atoms with Crippen LogP contribution in [0.5, 0.6) is 0 Å². The number of Topliss-reactive ketones (excluding diaryl/α,β-unsaturated/α-hetero) is 1. The van der Waals surface area contributed by atoms with Crippen LogP contribution in [0.25, 0.3) is 0 Å². The quantitative estimate of drug-likeness (QED) is 0.744. The maximum absolute atomic E-state index is 12.4. The molecular formula is C15H13NO. The summed E-state index contributed by atoms with van der Waals surface area (Å²) in [5, 5.41) is 0. The number of rotatable bonds is 1. The van der Waals surface area contributed by atoms with E-state index in [2.05, 4.69) is 11.1 Å². The first-order valence-electron chi connectivity index (χ1n) is 5.88. The van der Waals surface area contributed by atoms with Crippen molar-refractivity contribution in [3.8, 4) is 0 Å². The van der Waals surface area contributed by atoms with E-state index in [9.17, 15) is 4.79 Å². The predicted octanol–water partition coefficient (Wildman–Crippen LogP) is 2.99. The van der Waals surface area contributed by atoms with Crippen molar-refractivity contribution in [2.75, 3.05) is 0 Å². The van der Waals surface area contributed by atoms with Gasteiger partial charge in [-0.05, 0) is 36.1 Å². The molecule has 17 heavy (non-hydrogen) atoms. The number of ketones is 1. The van der Waals surface area contributed by atoms with Gasteiger partial charge in [-0.2, -0.15) is 0 Å². The van der Waals surface area contributed by atoms with Crippen LogP contribution in [0, 0.1) is 0 Å². The number of pyridine rings is 1. The first-order valence-corrected chi connectivity index (χ1v) is 5.88. The van der Waals surface area contributed by atoms with Gasteiger partial charge in [0.25, 0.3) is 0 Å². The van der Waals surface area contributed by atoms with Crippen molar-refractivity contribution in [1.82, 2.24) is 4.98 Å². The monoisotopic (exact) mass is 223 g/mol. The lowest BCUT2D eigenvalue weighted by atomic mass is 9.79. The molecule has 0 saturated carbocycles. The van der Waals surface area contributed by atoms with E-state index in [4.69, 9.17) is 0 Å². The standard InChI is InChI=1S/C15H13NO/c17-15-13-4-2-1-3-11(13)5-6-14(15)12-7-9-16-10-8-12/h1-4,7-10,14H,5-6H2/t14-/m0/s1. The van der Waals surface area contributed by atoms with E-state index in [-0.39, 0.29) is 11.7 Å². The van der Waals surface area contributed by atoms with Crippen LogP contribution in [-0.2, 0) is 6.42 Å². The van der Waals surface area contributed by atoms with E-state index < -0.39 is 0 Å². The minimum Gasteiger partial charge on any atom is -0.293 e. The van der Waals surface area contributed by atoms with Gasteiger partial charge in [-0.15, -0.1) is 0 Å². The number of carbonyl (C=O) groups excluding carboxylic acids is 1. The van der Waals surface area contributed by atoms with E-state index in [0.717, 1.165) is 24.0 Å². The number of aromatic nitrogens is 1. The molecule has 0 amide bonds. The minimum atomic E-state index is 0.00731. The third kappa shape index (κ3) is 1.76. The third-order valence-electron chi connectivity index (χ3n) is 3.41. The Kier molecular flexibility index (Phi) is 2.48. The second-order valence-corrected chi connectivity index (χ2v) is 4.39. The van der Waals surface area contributed by atoms with Gasteiger partial charge in [0.15, 0.2) is 5.78 Å². The summed E-state index contributed by atoms with van der Waals surface area (Å²) in [4.78, 5) is 16.4. The summed E-state index contributed by atoms with van der Waals surface area (Å²) in [5.41, 5.74) is 3.16. The minimum absolute atomic E-state index is 0.00731. The molecule has 84 valence electrons. The molecule has 0 spiro atoms. The van der Waals surface area contributed by atoms with E-state index in [1.165, 1.54) is 5.56 Å². The molecule has 0 aliphatic heterocycles. The zero-order chi connectivity index (χ0) is 11.7. The van der Waals surface area contributed by atoms with Gasteiger partial charge in [-0.25, -0.2) is 0 Å². The van der Waals surface area contributed by atoms with Crippen LogP contribution in [0.2, 0.25) is 0 Å². The van der Waals surface area contributed by atoms with Gasteiger partial charge in [0.05, 0.1) is 0 Å². The molecule has 0 saturated heterocycles. The predicted molar refractivity (Wildman–Crippen MR) is 66.1 cm³/mol. The zero-order valence-corrected chi connectivity index (χ0v) is 9.47. The highest BCUT2D eigenvalue weighted by atomic mass is 16.1. The van der Waals surface area contributed by atoms with Crippen LogP contribution in [0.3, 0.4) is 0 Å². The molecule has 1 aliphatic carbocycles. The molecular weight excluding hydrogens is 210 g/mol. The van der Waals surface area contributed by atoms with Crippen molar-refractivity contribution in [1.29, 1.82) is 0 Å². The fourth-order valence-electron chi connectivity index (χ4n) is 2.51. The summed E-state index contributed by atoms with van der Waals surface area (Å²) >= 11 is 0. The highest BCUT2D eigenvalue weighted by Crippen LogP contribution is 2.32. The Balaban J connectivity index is 2.00. The Hall–Kier alpha value is -1.96. The van der Waals surface area contributed by atoms with Gasteiger partial charge in [0.2, 0.25) is 0 Å². The van der Waals surface area contributed by atoms with Crippen molar-refractivity contribution in [2.24, 2.45) is 0 Å². The van der Waals surface area contributed by atoms with Gasteiger partial charge in [0, 0.05) is 23.9 Å². The number of aryl methyl sites for hydroxylation is 1. The number of benzene rings is 1. The maximum Gasteiger partial charge on any atom is 0.170 e. The third-order valence-corrected chi connectivity index (χ3v) is 3.41. The van der Waals surface area contributed by atoms with Gasteiger partial charge in [-0.1, -0.05) is 24.3 Å². The van der Waals surface area contributed by atoms with Crippen molar-refractivity contribution in [3.05, 3.63) is 65.5 Å². The van der Waals surface area contributed by atoms with Crippen molar-refractivity contribution in [3.63, 3.8) is 0 Å². The molecule has 0 radical (unpaired) electrons. The Morgan fingerprint density at radius 3 is 2.65 bits per heavy atom. The number of nitrogens with zero attached hydrogens (tertiary/aromatic N) is 1. The molecule has 1 aromatic heterocycles. The number of hydrogen-bond acceptors (Lipinski definition) is 2. The van der Waals surface area contributed by atoms with Gasteiger partial charge < -0.3 is 0 Å². The fraction of sp³-hybridized carbons (Fsp3) is 0.200. The molecule has 2 aromatic rings. The Bertz CT molecular complexity index is 548. The molecule has 0 fully saturated rings. The lowest BCUT2D eigenvalue weighted by Gasteiger charge is -2.23. The maximum atomic E-state index is 12.4. The Labute approximate surface area is 100 Å². The summed E-state index contributed by atoms with van der Waals surface area (Å²) in [6.07, 6.45) is 5.39. The van der Waals surface area contributed by atoms with Crippen LogP contribution >= 0.6 is 0 Å². The number of hydrogen-bond donors (Lipinski definition) is 0. The van der Waals surface area contributed by atoms with E-state index in [1.807, 2.05) is 30.3 Å². The van der Waals surface area contributed by atoms with Gasteiger partial charge in [-0.3, -0.25) is 9.78 Å². The highest BCUT2D eigenvalue weighted by Gasteiger charge is 2.27. The first-order chi connectivity index (χ1) is 8.36. The van der Waals surface area contributed by atoms with E-state index in [1.54, 1.807) is 12.4 Å². The van der Waals surface area contributed by atoms with E-state index in [0.29, 0.717) is 0 Å². The highest BCUT2D eigenvalue weighted by molar-refractivity contribution is 6.03. The summed E-state index contributed by atoms with van der Waals surface area (Å²) in [6.45, 7) is 0. The lowest BCUT2D eigenvalue weighted by Crippen LogP contribution is -2.20. The fourth-order valence-corrected chi connectivity index (χ4v) is 2.51. The molecule has 2 heteroatoms. The summed E-state index contributed by atoms with van der Waals surface area (Å²) in [6, 6.07) is 11.8. The lowest BCUT2D eigenvalue weighted by molar-refractivity contribution is 0.0946. The SMILES string of the molecule is O=C1c2ccccc2CC[C@H]1c1ccncc1. The average molecular weight is 223 g/mol. The van der Waals surface area contributed by atoms with Crippen LogP contribution in [0.15, 0.2) is 48.8 Å². The van der Waals surface area contributed by atoms with Gasteiger partial charge in [0.1, 0.15) is 0 Å². The normalized spacial score (nSPS) is 18.8. The smallest absolute Gasteiger partial charge is 0.170 e. The molecule has 1 aromatic carbocycles. The number of carbonyl (C=O) groups is 1. The van der Waals surface area contributed by atoms with E-state index >= 15 is 0 Å². The largest absolute Gasteiger partial charge is 0.293 e. The molecule has 2 nitrogen and oxygen atoms in total. The second-order valence-electron chi connectivity index (χ2n) is 4.39. The molecule has 0 N–H and O–H groups in total. The number of fused-ring (bicyclic) bond motifs is 1. The molecule has 1 aliphatic rings. The van der Waals surface area contributed by atoms with Crippen LogP contribution in [-0.4, -0.2) is 10.8 Å². The molecule has 0 unspecified atom stereocenters. The Morgan fingerprint density at radius 2 is 1.82 bits per heavy atom. The summed E-state index contributed by atoms with van der Waals surface area (Å²) < 4.78 is 0. The second kappa shape index (κ2) is 4.13. The average Bonchev–Trinajstić information content (AvgIpc) is 2.40. The summed E-state index contributed by atoms with van der Waals surface area (Å²) in [7, 11) is 0. The molecule has 3 rings (SSSR count). The molecule has 1 atom stereocenters. The van der Waals surface area contributed by atoms with Crippen LogP contribution in [0.1, 0.15) is 33.8 Å². The summed E-state index contributed by atoms with van der Waals surface area (Å²) in [5.74, 6) is 0.256. The zero-order valence-electron chi connectivity index (χ0n) is 9.47. The van der Waals surface area contributed by atoms with Crippen molar-refractivity contribution < 1.29 is 4.79 Å². The topological polar surface area (TPSA) is 30.0 Å². The van der Waals surface area contributed by atoms with Crippen LogP contribution in [0.4, 0.5) is 0 Å². The first kappa shape index (κ1) is 10.2. The molecule has 0 bridgehead atoms. The van der Waals surface area contributed by atoms with Crippen molar-refractivity contribution >= 4 is 5.78 Å². The Morgan fingerprint density at radius 1 is 1.06 bits per heavy atom.